The van der Waals surface area contributed by atoms with Crippen molar-refractivity contribution in [2.75, 3.05) is 13.2 Å². The fourth-order valence-corrected chi connectivity index (χ4v) is 2.34. The first-order valence-corrected chi connectivity index (χ1v) is 6.30. The van der Waals surface area contributed by atoms with Crippen LogP contribution < -0.4 is 5.32 Å². The molecule has 1 aromatic heterocycles. The molecule has 0 radical (unpaired) electrons. The van der Waals surface area contributed by atoms with Gasteiger partial charge in [-0.1, -0.05) is 0 Å². The standard InChI is InChI=1S/C13H20N2O3/c1-9-11(12(17)18)6-10(15-9)7-14-8-13(2-3-13)4-5-16/h6,14-16H,2-5,7-8H2,1H3,(H,17,18). The summed E-state index contributed by atoms with van der Waals surface area (Å²) in [6, 6.07) is 1.68. The van der Waals surface area contributed by atoms with Crippen LogP contribution in [0, 0.1) is 12.3 Å². The number of aryl methyl sites for hydroxylation is 1. The Kier molecular flexibility index (Phi) is 3.73. The largest absolute Gasteiger partial charge is 0.478 e. The lowest BCUT2D eigenvalue weighted by Crippen LogP contribution is -2.24. The molecule has 1 aromatic rings. The summed E-state index contributed by atoms with van der Waals surface area (Å²) >= 11 is 0. The van der Waals surface area contributed by atoms with E-state index in [4.69, 9.17) is 10.2 Å². The summed E-state index contributed by atoms with van der Waals surface area (Å²) < 4.78 is 0. The quantitative estimate of drug-likeness (QED) is 0.589. The smallest absolute Gasteiger partial charge is 0.337 e. The third-order valence-electron chi connectivity index (χ3n) is 3.72. The number of carboxylic acids is 1. The topological polar surface area (TPSA) is 85.4 Å². The van der Waals surface area contributed by atoms with Crippen molar-refractivity contribution in [3.05, 3.63) is 23.0 Å². The average molecular weight is 252 g/mol. The minimum Gasteiger partial charge on any atom is -0.478 e. The number of aliphatic hydroxyl groups is 1. The number of aromatic amines is 1. The molecule has 1 fully saturated rings. The molecule has 100 valence electrons. The fraction of sp³-hybridized carbons (Fsp3) is 0.615. The molecule has 1 saturated carbocycles. The van der Waals surface area contributed by atoms with Gasteiger partial charge in [-0.15, -0.1) is 0 Å². The second-order valence-electron chi connectivity index (χ2n) is 5.22. The molecule has 0 unspecified atom stereocenters. The zero-order chi connectivity index (χ0) is 13.2. The maximum absolute atomic E-state index is 10.9. The van der Waals surface area contributed by atoms with Gasteiger partial charge in [-0.2, -0.15) is 0 Å². The maximum Gasteiger partial charge on any atom is 0.337 e. The van der Waals surface area contributed by atoms with Gasteiger partial charge in [0.1, 0.15) is 0 Å². The molecule has 4 N–H and O–H groups in total. The predicted octanol–water partition coefficient (Wildman–Crippen LogP) is 1.27. The number of aromatic carboxylic acids is 1. The fourth-order valence-electron chi connectivity index (χ4n) is 2.34. The Bertz CT molecular complexity index is 435. The molecule has 0 aromatic carbocycles. The van der Waals surface area contributed by atoms with Gasteiger partial charge in [-0.25, -0.2) is 4.79 Å². The summed E-state index contributed by atoms with van der Waals surface area (Å²) in [5.41, 5.74) is 2.20. The minimum absolute atomic E-state index is 0.243. The average Bonchev–Trinajstić information content (AvgIpc) is 2.95. The Balaban J connectivity index is 1.84. The predicted molar refractivity (Wildman–Crippen MR) is 67.6 cm³/mol. The minimum atomic E-state index is -0.894. The van der Waals surface area contributed by atoms with Gasteiger partial charge in [-0.05, 0) is 37.7 Å². The molecule has 0 bridgehead atoms. The third kappa shape index (κ3) is 2.91. The molecule has 5 nitrogen and oxygen atoms in total. The van der Waals surface area contributed by atoms with Crippen LogP contribution in [0.3, 0.4) is 0 Å². The van der Waals surface area contributed by atoms with Gasteiger partial charge in [0.2, 0.25) is 0 Å². The maximum atomic E-state index is 10.9. The lowest BCUT2D eigenvalue weighted by Gasteiger charge is -2.13. The van der Waals surface area contributed by atoms with E-state index in [1.165, 1.54) is 12.8 Å². The second-order valence-corrected chi connectivity index (χ2v) is 5.22. The van der Waals surface area contributed by atoms with Crippen molar-refractivity contribution in [1.82, 2.24) is 10.3 Å². The van der Waals surface area contributed by atoms with Crippen LogP contribution in [0.15, 0.2) is 6.07 Å². The van der Waals surface area contributed by atoms with Gasteiger partial charge in [-0.3, -0.25) is 0 Å². The molecule has 0 saturated heterocycles. The van der Waals surface area contributed by atoms with Crippen molar-refractivity contribution in [3.8, 4) is 0 Å². The first-order valence-electron chi connectivity index (χ1n) is 6.30. The highest BCUT2D eigenvalue weighted by Crippen LogP contribution is 2.47. The summed E-state index contributed by atoms with van der Waals surface area (Å²) in [4.78, 5) is 14.0. The van der Waals surface area contributed by atoms with Crippen LogP contribution in [0.25, 0.3) is 0 Å². The summed E-state index contributed by atoms with van der Waals surface area (Å²) in [6.45, 7) is 3.53. The van der Waals surface area contributed by atoms with Crippen LogP contribution in [0.2, 0.25) is 0 Å². The highest BCUT2D eigenvalue weighted by molar-refractivity contribution is 5.89. The molecule has 0 aliphatic heterocycles. The lowest BCUT2D eigenvalue weighted by atomic mass is 10.0. The van der Waals surface area contributed by atoms with Gasteiger partial charge < -0.3 is 20.5 Å². The molecule has 2 rings (SSSR count). The van der Waals surface area contributed by atoms with Crippen LogP contribution in [0.4, 0.5) is 0 Å². The van der Waals surface area contributed by atoms with E-state index < -0.39 is 5.97 Å². The molecule has 5 heteroatoms. The van der Waals surface area contributed by atoms with Crippen LogP contribution in [-0.2, 0) is 6.54 Å². The van der Waals surface area contributed by atoms with Crippen LogP contribution in [0.5, 0.6) is 0 Å². The molecular weight excluding hydrogens is 232 g/mol. The summed E-state index contributed by atoms with van der Waals surface area (Å²) in [7, 11) is 0. The number of carboxylic acid groups (broad SMARTS) is 1. The van der Waals surface area contributed by atoms with Crippen molar-refractivity contribution >= 4 is 5.97 Å². The summed E-state index contributed by atoms with van der Waals surface area (Å²) in [5.74, 6) is -0.894. The van der Waals surface area contributed by atoms with E-state index in [9.17, 15) is 4.79 Å². The zero-order valence-corrected chi connectivity index (χ0v) is 10.6. The van der Waals surface area contributed by atoms with Crippen molar-refractivity contribution in [2.24, 2.45) is 5.41 Å². The van der Waals surface area contributed by atoms with Crippen molar-refractivity contribution < 1.29 is 15.0 Å². The summed E-state index contributed by atoms with van der Waals surface area (Å²) in [6.07, 6.45) is 3.19. The molecule has 18 heavy (non-hydrogen) atoms. The number of aromatic nitrogens is 1. The molecule has 1 aliphatic carbocycles. The highest BCUT2D eigenvalue weighted by atomic mass is 16.4. The molecule has 0 amide bonds. The Morgan fingerprint density at radius 2 is 2.28 bits per heavy atom. The summed E-state index contributed by atoms with van der Waals surface area (Å²) in [5, 5.41) is 21.2. The van der Waals surface area contributed by atoms with E-state index in [2.05, 4.69) is 10.3 Å². The SMILES string of the molecule is Cc1[nH]c(CNCC2(CCO)CC2)cc1C(=O)O. The first-order chi connectivity index (χ1) is 8.56. The van der Waals surface area contributed by atoms with Gasteiger partial charge in [0.05, 0.1) is 5.56 Å². The number of hydrogen-bond acceptors (Lipinski definition) is 3. The van der Waals surface area contributed by atoms with Crippen molar-refractivity contribution in [1.29, 1.82) is 0 Å². The Labute approximate surface area is 106 Å². The van der Waals surface area contributed by atoms with Crippen LogP contribution >= 0.6 is 0 Å². The third-order valence-corrected chi connectivity index (χ3v) is 3.72. The number of hydrogen-bond donors (Lipinski definition) is 4. The molecule has 1 heterocycles. The number of carbonyl (C=O) groups is 1. The van der Waals surface area contributed by atoms with Crippen molar-refractivity contribution in [3.63, 3.8) is 0 Å². The normalized spacial score (nSPS) is 16.8. The monoisotopic (exact) mass is 252 g/mol. The van der Waals surface area contributed by atoms with E-state index in [-0.39, 0.29) is 12.0 Å². The van der Waals surface area contributed by atoms with E-state index in [1.807, 2.05) is 0 Å². The van der Waals surface area contributed by atoms with E-state index >= 15 is 0 Å². The second kappa shape index (κ2) is 5.12. The Morgan fingerprint density at radius 1 is 1.56 bits per heavy atom. The van der Waals surface area contributed by atoms with Gasteiger partial charge in [0, 0.05) is 31.1 Å². The van der Waals surface area contributed by atoms with Gasteiger partial charge in [0.25, 0.3) is 0 Å². The van der Waals surface area contributed by atoms with E-state index in [1.54, 1.807) is 13.0 Å². The number of nitrogens with one attached hydrogen (secondary N) is 2. The van der Waals surface area contributed by atoms with E-state index in [0.717, 1.165) is 18.7 Å². The van der Waals surface area contributed by atoms with Crippen molar-refractivity contribution in [2.45, 2.75) is 32.7 Å². The molecule has 0 spiro atoms. The number of rotatable bonds is 7. The Morgan fingerprint density at radius 3 is 2.78 bits per heavy atom. The lowest BCUT2D eigenvalue weighted by molar-refractivity contribution is 0.0696. The molecular formula is C13H20N2O3. The molecule has 1 aliphatic rings. The zero-order valence-electron chi connectivity index (χ0n) is 10.6. The first kappa shape index (κ1) is 13.1. The van der Waals surface area contributed by atoms with Crippen LogP contribution in [-0.4, -0.2) is 34.3 Å². The molecule has 0 atom stereocenters. The highest BCUT2D eigenvalue weighted by Gasteiger charge is 2.41. The number of H-pyrrole nitrogens is 1. The van der Waals surface area contributed by atoms with Crippen LogP contribution in [0.1, 0.15) is 41.0 Å². The Hall–Kier alpha value is -1.33. The van der Waals surface area contributed by atoms with Gasteiger partial charge in [0.15, 0.2) is 0 Å². The van der Waals surface area contributed by atoms with Gasteiger partial charge >= 0.3 is 5.97 Å². The van der Waals surface area contributed by atoms with E-state index in [0.29, 0.717) is 17.8 Å². The number of aliphatic hydroxyl groups excluding tert-OH is 1.